The summed E-state index contributed by atoms with van der Waals surface area (Å²) in [7, 11) is 0. The highest BCUT2D eigenvalue weighted by Crippen LogP contribution is 2.34. The summed E-state index contributed by atoms with van der Waals surface area (Å²) in [6, 6.07) is 28.5. The first-order chi connectivity index (χ1) is 14.3. The first-order valence-corrected chi connectivity index (χ1v) is 10.3. The predicted molar refractivity (Wildman–Crippen MR) is 123 cm³/mol. The lowest BCUT2D eigenvalue weighted by Gasteiger charge is -2.21. The fourth-order valence-electron chi connectivity index (χ4n) is 3.11. The third-order valence-corrected chi connectivity index (χ3v) is 4.41. The molecule has 0 atom stereocenters. The summed E-state index contributed by atoms with van der Waals surface area (Å²) in [5, 5.41) is 9.89. The minimum absolute atomic E-state index is 0.0218. The molecule has 3 rings (SSSR count). The van der Waals surface area contributed by atoms with Gasteiger partial charge in [-0.3, -0.25) is 0 Å². The Balaban J connectivity index is 2.09. The van der Waals surface area contributed by atoms with Crippen LogP contribution in [0, 0.1) is 0 Å². The van der Waals surface area contributed by atoms with Gasteiger partial charge in [-0.2, -0.15) is 0 Å². The molecule has 30 heavy (non-hydrogen) atoms. The van der Waals surface area contributed by atoms with Crippen LogP contribution in [0.5, 0.6) is 5.75 Å². The maximum Gasteiger partial charge on any atom is 0.135 e. The summed E-state index contributed by atoms with van der Waals surface area (Å²) in [6.07, 6.45) is 0.0218. The Morgan fingerprint density at radius 2 is 1.27 bits per heavy atom. The number of ether oxygens (including phenoxy) is 2. The van der Waals surface area contributed by atoms with Crippen LogP contribution < -0.4 is 4.74 Å². The maximum atomic E-state index is 9.89. The highest BCUT2D eigenvalue weighted by atomic mass is 16.5. The topological polar surface area (TPSA) is 38.7 Å². The zero-order valence-corrected chi connectivity index (χ0v) is 18.1. The summed E-state index contributed by atoms with van der Waals surface area (Å²) in [4.78, 5) is 0. The van der Waals surface area contributed by atoms with E-state index in [-0.39, 0.29) is 12.7 Å². The molecule has 0 aliphatic rings. The standard InChI is InChI=1S/C27H30O3/c1-20(2)30-26(23-15-17-24(18-16-23)29-19-27(3,4)28)25(21-11-7-5-8-12-21)22-13-9-6-10-14-22/h5-18,20,28H,19H2,1-4H3. The summed E-state index contributed by atoms with van der Waals surface area (Å²) < 4.78 is 12.1. The fourth-order valence-corrected chi connectivity index (χ4v) is 3.11. The molecule has 0 bridgehead atoms. The maximum absolute atomic E-state index is 9.89. The molecule has 3 aromatic rings. The van der Waals surface area contributed by atoms with Gasteiger partial charge in [-0.1, -0.05) is 60.7 Å². The highest BCUT2D eigenvalue weighted by Gasteiger charge is 2.17. The molecular weight excluding hydrogens is 372 g/mol. The van der Waals surface area contributed by atoms with Crippen LogP contribution in [0.15, 0.2) is 84.9 Å². The molecule has 0 aliphatic heterocycles. The Kier molecular flexibility index (Phi) is 6.96. The van der Waals surface area contributed by atoms with Crippen molar-refractivity contribution in [1.29, 1.82) is 0 Å². The lowest BCUT2D eigenvalue weighted by molar-refractivity contribution is 0.0285. The molecule has 3 heteroatoms. The van der Waals surface area contributed by atoms with E-state index >= 15 is 0 Å². The van der Waals surface area contributed by atoms with Crippen LogP contribution in [0.2, 0.25) is 0 Å². The van der Waals surface area contributed by atoms with Gasteiger partial charge in [0.05, 0.1) is 11.7 Å². The van der Waals surface area contributed by atoms with Crippen molar-refractivity contribution >= 4 is 11.3 Å². The minimum atomic E-state index is -0.877. The molecule has 3 nitrogen and oxygen atoms in total. The smallest absolute Gasteiger partial charge is 0.135 e. The highest BCUT2D eigenvalue weighted by molar-refractivity contribution is 5.96. The largest absolute Gasteiger partial charge is 0.491 e. The second-order valence-corrected chi connectivity index (χ2v) is 8.23. The van der Waals surface area contributed by atoms with E-state index in [9.17, 15) is 5.11 Å². The molecule has 0 amide bonds. The van der Waals surface area contributed by atoms with Gasteiger partial charge in [-0.15, -0.1) is 0 Å². The van der Waals surface area contributed by atoms with Crippen LogP contribution in [-0.4, -0.2) is 23.4 Å². The normalized spacial score (nSPS) is 11.3. The average molecular weight is 403 g/mol. The fraction of sp³-hybridized carbons (Fsp3) is 0.259. The molecular formula is C27H30O3. The number of hydrogen-bond donors (Lipinski definition) is 1. The summed E-state index contributed by atoms with van der Waals surface area (Å²) in [6.45, 7) is 7.76. The Morgan fingerprint density at radius 3 is 1.70 bits per heavy atom. The van der Waals surface area contributed by atoms with Crippen LogP contribution >= 0.6 is 0 Å². The van der Waals surface area contributed by atoms with E-state index in [1.54, 1.807) is 13.8 Å². The monoisotopic (exact) mass is 402 g/mol. The van der Waals surface area contributed by atoms with Crippen molar-refractivity contribution in [1.82, 2.24) is 0 Å². The van der Waals surface area contributed by atoms with E-state index in [1.165, 1.54) is 0 Å². The molecule has 0 spiro atoms. The second-order valence-electron chi connectivity index (χ2n) is 8.23. The first kappa shape index (κ1) is 21.7. The van der Waals surface area contributed by atoms with E-state index in [1.807, 2.05) is 74.5 Å². The van der Waals surface area contributed by atoms with Gasteiger partial charge in [0.2, 0.25) is 0 Å². The van der Waals surface area contributed by atoms with Gasteiger partial charge < -0.3 is 14.6 Å². The molecule has 0 radical (unpaired) electrons. The third kappa shape index (κ3) is 5.98. The Hall–Kier alpha value is -3.04. The van der Waals surface area contributed by atoms with E-state index < -0.39 is 5.60 Å². The molecule has 0 fully saturated rings. The van der Waals surface area contributed by atoms with Gasteiger partial charge in [0.1, 0.15) is 18.1 Å². The number of rotatable bonds is 8. The van der Waals surface area contributed by atoms with Gasteiger partial charge in [-0.25, -0.2) is 0 Å². The van der Waals surface area contributed by atoms with Gasteiger partial charge in [0.25, 0.3) is 0 Å². The summed E-state index contributed by atoms with van der Waals surface area (Å²) in [5.41, 5.74) is 3.35. The molecule has 1 N–H and O–H groups in total. The second kappa shape index (κ2) is 9.64. The number of aliphatic hydroxyl groups is 1. The van der Waals surface area contributed by atoms with Gasteiger partial charge in [0.15, 0.2) is 0 Å². The summed E-state index contributed by atoms with van der Waals surface area (Å²) >= 11 is 0. The molecule has 0 aliphatic carbocycles. The SMILES string of the molecule is CC(C)OC(=C(c1ccccc1)c1ccccc1)c1ccc(OCC(C)(C)O)cc1. The average Bonchev–Trinajstić information content (AvgIpc) is 2.73. The third-order valence-electron chi connectivity index (χ3n) is 4.41. The first-order valence-electron chi connectivity index (χ1n) is 10.3. The predicted octanol–water partition coefficient (Wildman–Crippen LogP) is 6.18. The van der Waals surface area contributed by atoms with Crippen molar-refractivity contribution in [3.8, 4) is 5.75 Å². The quantitative estimate of drug-likeness (QED) is 0.361. The van der Waals surface area contributed by atoms with E-state index in [4.69, 9.17) is 9.47 Å². The molecule has 156 valence electrons. The van der Waals surface area contributed by atoms with Gasteiger partial charge in [-0.05, 0) is 63.1 Å². The van der Waals surface area contributed by atoms with Gasteiger partial charge in [0, 0.05) is 11.1 Å². The van der Waals surface area contributed by atoms with Crippen LogP contribution in [0.4, 0.5) is 0 Å². The Labute approximate surface area is 179 Å². The van der Waals surface area contributed by atoms with Crippen molar-refractivity contribution in [3.05, 3.63) is 102 Å². The van der Waals surface area contributed by atoms with Crippen LogP contribution in [0.1, 0.15) is 44.4 Å². The molecule has 0 aromatic heterocycles. The van der Waals surface area contributed by atoms with Crippen molar-refractivity contribution in [2.45, 2.75) is 39.4 Å². The van der Waals surface area contributed by atoms with E-state index in [2.05, 4.69) is 24.3 Å². The van der Waals surface area contributed by atoms with E-state index in [0.717, 1.165) is 28.0 Å². The molecule has 0 saturated heterocycles. The lowest BCUT2D eigenvalue weighted by Crippen LogP contribution is -2.27. The zero-order valence-electron chi connectivity index (χ0n) is 18.1. The summed E-state index contributed by atoms with van der Waals surface area (Å²) in [5.74, 6) is 1.54. The Bertz CT molecular complexity index is 909. The van der Waals surface area contributed by atoms with Crippen LogP contribution in [0.3, 0.4) is 0 Å². The van der Waals surface area contributed by atoms with Crippen molar-refractivity contribution in [2.75, 3.05) is 6.61 Å². The van der Waals surface area contributed by atoms with Crippen molar-refractivity contribution in [3.63, 3.8) is 0 Å². The van der Waals surface area contributed by atoms with Crippen LogP contribution in [-0.2, 0) is 4.74 Å². The number of benzene rings is 3. The van der Waals surface area contributed by atoms with Gasteiger partial charge >= 0.3 is 0 Å². The molecule has 0 heterocycles. The zero-order chi connectivity index (χ0) is 21.6. The lowest BCUT2D eigenvalue weighted by atomic mass is 9.94. The molecule has 0 unspecified atom stereocenters. The van der Waals surface area contributed by atoms with E-state index in [0.29, 0.717) is 5.75 Å². The Morgan fingerprint density at radius 1 is 0.767 bits per heavy atom. The minimum Gasteiger partial charge on any atom is -0.491 e. The number of hydrogen-bond acceptors (Lipinski definition) is 3. The van der Waals surface area contributed by atoms with Crippen molar-refractivity contribution in [2.24, 2.45) is 0 Å². The molecule has 3 aromatic carbocycles. The molecule has 0 saturated carbocycles. The van der Waals surface area contributed by atoms with Crippen molar-refractivity contribution < 1.29 is 14.6 Å². The van der Waals surface area contributed by atoms with Crippen LogP contribution in [0.25, 0.3) is 11.3 Å².